The summed E-state index contributed by atoms with van der Waals surface area (Å²) < 4.78 is 16.8. The van der Waals surface area contributed by atoms with Crippen LogP contribution in [-0.4, -0.2) is 64.9 Å². The van der Waals surface area contributed by atoms with Crippen molar-refractivity contribution in [2.75, 3.05) is 59.0 Å². The van der Waals surface area contributed by atoms with Crippen LogP contribution in [0.2, 0.25) is 0 Å². The summed E-state index contributed by atoms with van der Waals surface area (Å²) in [6.07, 6.45) is 0. The first-order valence-corrected chi connectivity index (χ1v) is 10.6. The molecule has 7 nitrogen and oxygen atoms in total. The van der Waals surface area contributed by atoms with Crippen LogP contribution in [0.3, 0.4) is 0 Å². The van der Waals surface area contributed by atoms with Crippen molar-refractivity contribution in [1.82, 2.24) is 10.2 Å². The Morgan fingerprint density at radius 2 is 1.68 bits per heavy atom. The quantitative estimate of drug-likeness (QED) is 0.699. The molecule has 0 unspecified atom stereocenters. The lowest BCUT2D eigenvalue weighted by atomic mass is 10.1. The number of methoxy groups -OCH3 is 2. The van der Waals surface area contributed by atoms with Gasteiger partial charge >= 0.3 is 0 Å². The van der Waals surface area contributed by atoms with Gasteiger partial charge in [-0.2, -0.15) is 0 Å². The number of aryl methyl sites for hydroxylation is 1. The topological polar surface area (TPSA) is 63.3 Å². The number of anilines is 1. The molecule has 1 fully saturated rings. The van der Waals surface area contributed by atoms with Crippen molar-refractivity contribution < 1.29 is 19.0 Å². The van der Waals surface area contributed by atoms with E-state index in [0.29, 0.717) is 36.9 Å². The van der Waals surface area contributed by atoms with Crippen LogP contribution < -0.4 is 24.4 Å². The van der Waals surface area contributed by atoms with E-state index in [0.717, 1.165) is 18.7 Å². The molecule has 7 heteroatoms. The van der Waals surface area contributed by atoms with E-state index >= 15 is 0 Å². The van der Waals surface area contributed by atoms with Crippen LogP contribution in [0.15, 0.2) is 30.3 Å². The number of ether oxygens (including phenoxy) is 3. The van der Waals surface area contributed by atoms with Gasteiger partial charge in [0.05, 0.1) is 14.2 Å². The minimum Gasteiger partial charge on any atom is -0.493 e. The third kappa shape index (κ3) is 5.22. The lowest BCUT2D eigenvalue weighted by molar-refractivity contribution is -0.133. The standard InChI is InChI=1S/C24H33N3O4/c1-17-7-6-8-20(18(17)2)26-9-11-27(12-10-26)23(28)16-31-24-21(29-4)13-19(15-25-3)14-22(24)30-5/h6-8,13-14,25H,9-12,15-16H2,1-5H3. The summed E-state index contributed by atoms with van der Waals surface area (Å²) in [5.41, 5.74) is 4.84. The fraction of sp³-hybridized carbons (Fsp3) is 0.458. The average molecular weight is 428 g/mol. The highest BCUT2D eigenvalue weighted by atomic mass is 16.5. The first kappa shape index (κ1) is 22.7. The Balaban J connectivity index is 1.61. The molecule has 2 aromatic carbocycles. The van der Waals surface area contributed by atoms with E-state index in [1.54, 1.807) is 14.2 Å². The number of nitrogens with zero attached hydrogens (tertiary/aromatic N) is 2. The van der Waals surface area contributed by atoms with Gasteiger partial charge in [0.15, 0.2) is 18.1 Å². The largest absolute Gasteiger partial charge is 0.493 e. The normalized spacial score (nSPS) is 13.8. The molecule has 1 heterocycles. The molecular formula is C24H33N3O4. The number of piperazine rings is 1. The maximum Gasteiger partial charge on any atom is 0.260 e. The first-order valence-electron chi connectivity index (χ1n) is 10.6. The summed E-state index contributed by atoms with van der Waals surface area (Å²) in [6, 6.07) is 10.2. The average Bonchev–Trinajstić information content (AvgIpc) is 2.79. The van der Waals surface area contributed by atoms with Crippen molar-refractivity contribution in [1.29, 1.82) is 0 Å². The van der Waals surface area contributed by atoms with Crippen LogP contribution in [0.5, 0.6) is 17.2 Å². The molecule has 1 amide bonds. The van der Waals surface area contributed by atoms with Crippen LogP contribution in [-0.2, 0) is 11.3 Å². The Hall–Kier alpha value is -2.93. The zero-order valence-electron chi connectivity index (χ0n) is 19.2. The Morgan fingerprint density at radius 3 is 2.26 bits per heavy atom. The smallest absolute Gasteiger partial charge is 0.260 e. The molecule has 0 saturated carbocycles. The molecule has 168 valence electrons. The summed E-state index contributed by atoms with van der Waals surface area (Å²) in [5.74, 6) is 1.52. The van der Waals surface area contributed by atoms with Gasteiger partial charge < -0.3 is 29.3 Å². The number of carbonyl (C=O) groups excluding carboxylic acids is 1. The highest BCUT2D eigenvalue weighted by Gasteiger charge is 2.24. The van der Waals surface area contributed by atoms with Gasteiger partial charge in [0.1, 0.15) is 0 Å². The van der Waals surface area contributed by atoms with Crippen LogP contribution in [0.1, 0.15) is 16.7 Å². The predicted molar refractivity (Wildman–Crippen MR) is 123 cm³/mol. The number of amides is 1. The van der Waals surface area contributed by atoms with Gasteiger partial charge in [0.2, 0.25) is 5.75 Å². The van der Waals surface area contributed by atoms with E-state index in [1.165, 1.54) is 16.8 Å². The Kier molecular flexibility index (Phi) is 7.63. The summed E-state index contributed by atoms with van der Waals surface area (Å²) >= 11 is 0. The maximum absolute atomic E-state index is 12.8. The van der Waals surface area contributed by atoms with E-state index in [4.69, 9.17) is 14.2 Å². The predicted octanol–water partition coefficient (Wildman–Crippen LogP) is 2.77. The SMILES string of the molecule is CNCc1cc(OC)c(OCC(=O)N2CCN(c3cccc(C)c3C)CC2)c(OC)c1. The Labute approximate surface area is 184 Å². The van der Waals surface area contributed by atoms with Crippen molar-refractivity contribution in [2.24, 2.45) is 0 Å². The number of hydrogen-bond donors (Lipinski definition) is 1. The molecule has 1 aliphatic heterocycles. The minimum atomic E-state index is -0.0540. The van der Waals surface area contributed by atoms with Gasteiger partial charge in [-0.15, -0.1) is 0 Å². The molecule has 1 aliphatic rings. The summed E-state index contributed by atoms with van der Waals surface area (Å²) in [5, 5.41) is 3.10. The number of nitrogens with one attached hydrogen (secondary N) is 1. The lowest BCUT2D eigenvalue weighted by Crippen LogP contribution is -2.50. The van der Waals surface area contributed by atoms with Crippen molar-refractivity contribution in [3.8, 4) is 17.2 Å². The summed E-state index contributed by atoms with van der Waals surface area (Å²) in [6.45, 7) is 7.86. The molecule has 0 aliphatic carbocycles. The second-order valence-electron chi connectivity index (χ2n) is 7.74. The summed E-state index contributed by atoms with van der Waals surface area (Å²) in [4.78, 5) is 17.0. The molecule has 1 saturated heterocycles. The molecule has 0 atom stereocenters. The first-order chi connectivity index (χ1) is 15.0. The van der Waals surface area contributed by atoms with E-state index < -0.39 is 0 Å². The van der Waals surface area contributed by atoms with E-state index in [9.17, 15) is 4.79 Å². The fourth-order valence-corrected chi connectivity index (χ4v) is 3.88. The molecule has 0 spiro atoms. The van der Waals surface area contributed by atoms with Gasteiger partial charge in [-0.25, -0.2) is 0 Å². The molecule has 3 rings (SSSR count). The number of benzene rings is 2. The van der Waals surface area contributed by atoms with Gasteiger partial charge in [0.25, 0.3) is 5.91 Å². The van der Waals surface area contributed by atoms with Gasteiger partial charge in [-0.1, -0.05) is 12.1 Å². The van der Waals surface area contributed by atoms with Crippen LogP contribution in [0.4, 0.5) is 5.69 Å². The van der Waals surface area contributed by atoms with E-state index in [2.05, 4.69) is 42.3 Å². The van der Waals surface area contributed by atoms with Gasteiger partial charge in [0, 0.05) is 38.4 Å². The Bertz CT molecular complexity index is 883. The zero-order chi connectivity index (χ0) is 22.4. The van der Waals surface area contributed by atoms with Crippen LogP contribution in [0.25, 0.3) is 0 Å². The highest BCUT2D eigenvalue weighted by Crippen LogP contribution is 2.38. The number of carbonyl (C=O) groups is 1. The molecule has 0 bridgehead atoms. The molecule has 1 N–H and O–H groups in total. The molecule has 0 aromatic heterocycles. The molecule has 0 radical (unpaired) electrons. The second kappa shape index (κ2) is 10.4. The van der Waals surface area contributed by atoms with Crippen molar-refractivity contribution >= 4 is 11.6 Å². The Morgan fingerprint density at radius 1 is 1.03 bits per heavy atom. The molecule has 2 aromatic rings. The fourth-order valence-electron chi connectivity index (χ4n) is 3.88. The second-order valence-corrected chi connectivity index (χ2v) is 7.74. The van der Waals surface area contributed by atoms with Gasteiger partial charge in [-0.05, 0) is 55.8 Å². The van der Waals surface area contributed by atoms with Crippen molar-refractivity contribution in [3.63, 3.8) is 0 Å². The van der Waals surface area contributed by atoms with Gasteiger partial charge in [-0.3, -0.25) is 4.79 Å². The van der Waals surface area contributed by atoms with E-state index in [-0.39, 0.29) is 12.5 Å². The third-order valence-corrected chi connectivity index (χ3v) is 5.79. The lowest BCUT2D eigenvalue weighted by Gasteiger charge is -2.37. The minimum absolute atomic E-state index is 0.0379. The van der Waals surface area contributed by atoms with Crippen molar-refractivity contribution in [3.05, 3.63) is 47.0 Å². The number of rotatable bonds is 8. The summed E-state index contributed by atoms with van der Waals surface area (Å²) in [7, 11) is 5.04. The van der Waals surface area contributed by atoms with Crippen LogP contribution in [0, 0.1) is 13.8 Å². The van der Waals surface area contributed by atoms with E-state index in [1.807, 2.05) is 24.1 Å². The zero-order valence-corrected chi connectivity index (χ0v) is 19.2. The maximum atomic E-state index is 12.8. The molecule has 31 heavy (non-hydrogen) atoms. The molecular weight excluding hydrogens is 394 g/mol. The third-order valence-electron chi connectivity index (χ3n) is 5.79. The number of hydrogen-bond acceptors (Lipinski definition) is 6. The monoisotopic (exact) mass is 427 g/mol. The van der Waals surface area contributed by atoms with Crippen LogP contribution >= 0.6 is 0 Å². The highest BCUT2D eigenvalue weighted by molar-refractivity contribution is 5.78. The van der Waals surface area contributed by atoms with Crippen molar-refractivity contribution in [2.45, 2.75) is 20.4 Å².